The second kappa shape index (κ2) is 7.97. The third-order valence-corrected chi connectivity index (χ3v) is 6.30. The lowest BCUT2D eigenvalue weighted by Gasteiger charge is -2.30. The van der Waals surface area contributed by atoms with Crippen LogP contribution in [0.1, 0.15) is 12.8 Å². The number of rotatable bonds is 6. The molecule has 1 atom stereocenters. The van der Waals surface area contributed by atoms with Gasteiger partial charge in [0.2, 0.25) is 5.91 Å². The van der Waals surface area contributed by atoms with E-state index in [0.717, 1.165) is 0 Å². The van der Waals surface area contributed by atoms with E-state index in [1.54, 1.807) is 25.3 Å². The van der Waals surface area contributed by atoms with E-state index in [0.29, 0.717) is 36.6 Å². The average Bonchev–Trinajstić information content (AvgIpc) is 3.24. The zero-order valence-electron chi connectivity index (χ0n) is 15.1. The van der Waals surface area contributed by atoms with E-state index in [1.165, 1.54) is 23.9 Å². The molecule has 1 aromatic carbocycles. The summed E-state index contributed by atoms with van der Waals surface area (Å²) in [6.45, 7) is 0.489. The molecule has 1 aliphatic rings. The molecule has 0 aliphatic carbocycles. The highest BCUT2D eigenvalue weighted by molar-refractivity contribution is 7.89. The number of imidazole rings is 1. The largest absolute Gasteiger partial charge is 0.497 e. The van der Waals surface area contributed by atoms with Gasteiger partial charge in [-0.1, -0.05) is 0 Å². The maximum absolute atomic E-state index is 12.7. The summed E-state index contributed by atoms with van der Waals surface area (Å²) < 4.78 is 37.0. The number of hydrogen-bond acceptors (Lipinski definition) is 6. The van der Waals surface area contributed by atoms with Crippen molar-refractivity contribution in [3.63, 3.8) is 0 Å². The third kappa shape index (κ3) is 4.06. The van der Waals surface area contributed by atoms with Crippen LogP contribution in [0.15, 0.2) is 35.7 Å². The van der Waals surface area contributed by atoms with Crippen molar-refractivity contribution in [3.05, 3.63) is 30.7 Å². The van der Waals surface area contributed by atoms with Crippen LogP contribution < -0.4 is 14.8 Å². The number of amides is 1. The first-order valence-electron chi connectivity index (χ1n) is 8.47. The summed E-state index contributed by atoms with van der Waals surface area (Å²) in [5, 5.41) is 2.86. The fraction of sp³-hybridized carbons (Fsp3) is 0.412. The van der Waals surface area contributed by atoms with Crippen LogP contribution in [0.2, 0.25) is 0 Å². The Labute approximate surface area is 157 Å². The highest BCUT2D eigenvalue weighted by atomic mass is 32.2. The number of benzene rings is 1. The van der Waals surface area contributed by atoms with E-state index in [4.69, 9.17) is 9.47 Å². The van der Waals surface area contributed by atoms with Gasteiger partial charge in [0, 0.05) is 19.2 Å². The van der Waals surface area contributed by atoms with Crippen LogP contribution in [0.4, 0.5) is 5.69 Å². The number of hydrogen-bond donors (Lipinski definition) is 2. The van der Waals surface area contributed by atoms with Crippen LogP contribution in [0.3, 0.4) is 0 Å². The number of aromatic amines is 1. The third-order valence-electron chi connectivity index (χ3n) is 4.51. The Hall–Kier alpha value is -2.59. The molecule has 10 heteroatoms. The number of H-pyrrole nitrogens is 1. The summed E-state index contributed by atoms with van der Waals surface area (Å²) in [5.74, 6) is 0.381. The van der Waals surface area contributed by atoms with Gasteiger partial charge in [0.15, 0.2) is 5.03 Å². The van der Waals surface area contributed by atoms with E-state index in [-0.39, 0.29) is 17.5 Å². The molecule has 0 radical (unpaired) electrons. The number of sulfonamides is 1. The monoisotopic (exact) mass is 394 g/mol. The van der Waals surface area contributed by atoms with E-state index < -0.39 is 15.9 Å². The molecule has 2 N–H and O–H groups in total. The van der Waals surface area contributed by atoms with Crippen molar-refractivity contribution in [2.24, 2.45) is 5.92 Å². The molecular weight excluding hydrogens is 372 g/mol. The van der Waals surface area contributed by atoms with Crippen molar-refractivity contribution in [1.29, 1.82) is 0 Å². The number of carbonyl (C=O) groups excluding carboxylic acids is 1. The number of methoxy groups -OCH3 is 2. The van der Waals surface area contributed by atoms with Gasteiger partial charge in [-0.2, -0.15) is 4.31 Å². The minimum atomic E-state index is -3.69. The lowest BCUT2D eigenvalue weighted by molar-refractivity contribution is -0.120. The smallest absolute Gasteiger partial charge is 0.260 e. The van der Waals surface area contributed by atoms with E-state index in [2.05, 4.69) is 15.3 Å². The molecule has 2 aromatic rings. The van der Waals surface area contributed by atoms with Crippen molar-refractivity contribution in [1.82, 2.24) is 14.3 Å². The minimum Gasteiger partial charge on any atom is -0.497 e. The van der Waals surface area contributed by atoms with Gasteiger partial charge >= 0.3 is 0 Å². The number of carbonyl (C=O) groups is 1. The predicted molar refractivity (Wildman–Crippen MR) is 98.2 cm³/mol. The Balaban J connectivity index is 1.72. The van der Waals surface area contributed by atoms with Gasteiger partial charge in [0.05, 0.1) is 38.3 Å². The van der Waals surface area contributed by atoms with Crippen LogP contribution in [0.25, 0.3) is 0 Å². The van der Waals surface area contributed by atoms with Gasteiger partial charge in [-0.05, 0) is 25.0 Å². The van der Waals surface area contributed by atoms with Crippen molar-refractivity contribution in [3.8, 4) is 11.5 Å². The number of piperidine rings is 1. The Morgan fingerprint density at radius 2 is 2.15 bits per heavy atom. The molecule has 1 aromatic heterocycles. The van der Waals surface area contributed by atoms with Crippen molar-refractivity contribution >= 4 is 21.6 Å². The second-order valence-electron chi connectivity index (χ2n) is 6.17. The summed E-state index contributed by atoms with van der Waals surface area (Å²) >= 11 is 0. The minimum absolute atomic E-state index is 0.0281. The summed E-state index contributed by atoms with van der Waals surface area (Å²) in [6, 6.07) is 5.08. The molecule has 1 amide bonds. The molecule has 0 saturated carbocycles. The lowest BCUT2D eigenvalue weighted by atomic mass is 9.98. The van der Waals surface area contributed by atoms with Crippen molar-refractivity contribution in [2.45, 2.75) is 17.9 Å². The van der Waals surface area contributed by atoms with Crippen LogP contribution in [-0.2, 0) is 14.8 Å². The molecule has 0 spiro atoms. The molecule has 1 aliphatic heterocycles. The number of nitrogens with zero attached hydrogens (tertiary/aromatic N) is 2. The fourth-order valence-corrected chi connectivity index (χ4v) is 4.45. The van der Waals surface area contributed by atoms with Gasteiger partial charge in [-0.15, -0.1) is 0 Å². The summed E-state index contributed by atoms with van der Waals surface area (Å²) in [7, 11) is -0.637. The first-order valence-corrected chi connectivity index (χ1v) is 9.91. The molecule has 2 heterocycles. The van der Waals surface area contributed by atoms with E-state index >= 15 is 0 Å². The maximum atomic E-state index is 12.7. The fourth-order valence-electron chi connectivity index (χ4n) is 3.03. The molecule has 0 bridgehead atoms. The SMILES string of the molecule is COc1ccc(NC(=O)C2CCCN(S(=O)(=O)c3cnc[nH]3)C2)c(OC)c1. The number of aromatic nitrogens is 2. The highest BCUT2D eigenvalue weighted by Gasteiger charge is 2.34. The summed E-state index contributed by atoms with van der Waals surface area (Å²) in [5.41, 5.74) is 0.511. The Bertz CT molecular complexity index is 898. The standard InChI is InChI=1S/C17H22N4O5S/c1-25-13-5-6-14(15(8-13)26-2)20-17(22)12-4-3-7-21(10-12)27(23,24)16-9-18-11-19-16/h5-6,8-9,11-12H,3-4,7,10H2,1-2H3,(H,18,19)(H,20,22). The molecule has 1 saturated heterocycles. The topological polar surface area (TPSA) is 114 Å². The normalized spacial score (nSPS) is 18.1. The second-order valence-corrected chi connectivity index (χ2v) is 8.08. The molecule has 9 nitrogen and oxygen atoms in total. The predicted octanol–water partition coefficient (Wildman–Crippen LogP) is 1.47. The van der Waals surface area contributed by atoms with E-state index in [9.17, 15) is 13.2 Å². The van der Waals surface area contributed by atoms with Crippen LogP contribution in [-0.4, -0.2) is 55.9 Å². The molecule has 1 fully saturated rings. The first kappa shape index (κ1) is 19.2. The molecule has 146 valence electrons. The van der Waals surface area contributed by atoms with Crippen LogP contribution >= 0.6 is 0 Å². The van der Waals surface area contributed by atoms with E-state index in [1.807, 2.05) is 0 Å². The highest BCUT2D eigenvalue weighted by Crippen LogP contribution is 2.30. The summed E-state index contributed by atoms with van der Waals surface area (Å²) in [4.78, 5) is 19.1. The van der Waals surface area contributed by atoms with Crippen LogP contribution in [0, 0.1) is 5.92 Å². The molecule has 1 unspecified atom stereocenters. The number of anilines is 1. The quantitative estimate of drug-likeness (QED) is 0.767. The average molecular weight is 394 g/mol. The Morgan fingerprint density at radius 1 is 1.33 bits per heavy atom. The van der Waals surface area contributed by atoms with Crippen LogP contribution in [0.5, 0.6) is 11.5 Å². The first-order chi connectivity index (χ1) is 13.0. The summed E-state index contributed by atoms with van der Waals surface area (Å²) in [6.07, 6.45) is 3.79. The van der Waals surface area contributed by atoms with Gasteiger partial charge in [-0.25, -0.2) is 13.4 Å². The maximum Gasteiger partial charge on any atom is 0.260 e. The number of ether oxygens (including phenoxy) is 2. The van der Waals surface area contributed by atoms with Gasteiger partial charge in [0.1, 0.15) is 11.5 Å². The van der Waals surface area contributed by atoms with Gasteiger partial charge < -0.3 is 19.8 Å². The van der Waals surface area contributed by atoms with Crippen molar-refractivity contribution in [2.75, 3.05) is 32.6 Å². The van der Waals surface area contributed by atoms with Gasteiger partial charge in [-0.3, -0.25) is 4.79 Å². The Morgan fingerprint density at radius 3 is 2.81 bits per heavy atom. The molecular formula is C17H22N4O5S. The van der Waals surface area contributed by atoms with Gasteiger partial charge in [0.25, 0.3) is 10.0 Å². The Kier molecular flexibility index (Phi) is 5.66. The number of nitrogens with one attached hydrogen (secondary N) is 2. The van der Waals surface area contributed by atoms with Crippen molar-refractivity contribution < 1.29 is 22.7 Å². The zero-order chi connectivity index (χ0) is 19.4. The lowest BCUT2D eigenvalue weighted by Crippen LogP contribution is -2.43. The molecule has 27 heavy (non-hydrogen) atoms. The zero-order valence-corrected chi connectivity index (χ0v) is 16.0. The molecule has 3 rings (SSSR count).